The van der Waals surface area contributed by atoms with Gasteiger partial charge in [0.2, 0.25) is 0 Å². The third-order valence-electron chi connectivity index (χ3n) is 5.58. The number of morpholine rings is 1. The molecule has 2 N–H and O–H groups in total. The molecule has 3 atom stereocenters. The van der Waals surface area contributed by atoms with Gasteiger partial charge >= 0.3 is 6.03 Å². The van der Waals surface area contributed by atoms with Crippen LogP contribution in [0.4, 0.5) is 10.5 Å². The minimum absolute atomic E-state index is 0.137. The smallest absolute Gasteiger partial charge is 0.319 e. The summed E-state index contributed by atoms with van der Waals surface area (Å²) in [5.41, 5.74) is 0.595. The molecule has 1 aromatic carbocycles. The number of carbonyl (C=O) groups excluding carboxylic acids is 1. The fraction of sp³-hybridized carbons (Fsp3) is 0.632. The highest BCUT2D eigenvalue weighted by Crippen LogP contribution is 2.38. The number of urea groups is 1. The molecule has 1 saturated carbocycles. The van der Waals surface area contributed by atoms with Crippen molar-refractivity contribution in [3.8, 4) is 11.5 Å². The lowest BCUT2D eigenvalue weighted by molar-refractivity contribution is -0.0581. The largest absolute Gasteiger partial charge is 0.497 e. The molecule has 2 saturated heterocycles. The highest BCUT2D eigenvalue weighted by molar-refractivity contribution is 5.91. The zero-order valence-corrected chi connectivity index (χ0v) is 15.4. The number of nitrogens with zero attached hydrogens (tertiary/aromatic N) is 1. The molecule has 1 aliphatic carbocycles. The van der Waals surface area contributed by atoms with Crippen LogP contribution in [0.15, 0.2) is 18.2 Å². The summed E-state index contributed by atoms with van der Waals surface area (Å²) in [6.07, 6.45) is 3.92. The zero-order chi connectivity index (χ0) is 18.1. The van der Waals surface area contributed by atoms with E-state index >= 15 is 0 Å². The Balaban J connectivity index is 1.33. The van der Waals surface area contributed by atoms with Gasteiger partial charge in [0.15, 0.2) is 0 Å². The SMILES string of the molecule is COc1ccc(OC)c(NC(=O)N[C@H]2C[C@H]3CO[C@@H](C4CC4)CN3C2)c1. The number of carbonyl (C=O) groups is 1. The summed E-state index contributed by atoms with van der Waals surface area (Å²) in [7, 11) is 3.17. The average Bonchev–Trinajstić information content (AvgIpc) is 3.41. The summed E-state index contributed by atoms with van der Waals surface area (Å²) in [5, 5.41) is 5.97. The predicted octanol–water partition coefficient (Wildman–Crippen LogP) is 2.08. The number of anilines is 1. The van der Waals surface area contributed by atoms with E-state index < -0.39 is 0 Å². The van der Waals surface area contributed by atoms with Crippen molar-refractivity contribution in [2.75, 3.05) is 39.2 Å². The molecule has 1 aromatic rings. The number of nitrogens with one attached hydrogen (secondary N) is 2. The Kier molecular flexibility index (Phi) is 4.91. The summed E-state index contributed by atoms with van der Waals surface area (Å²) in [4.78, 5) is 14.9. The number of fused-ring (bicyclic) bond motifs is 1. The lowest BCUT2D eigenvalue weighted by Crippen LogP contribution is -2.47. The molecule has 4 rings (SSSR count). The number of benzene rings is 1. The van der Waals surface area contributed by atoms with E-state index in [0.29, 0.717) is 29.3 Å². The van der Waals surface area contributed by atoms with Gasteiger partial charge in [-0.05, 0) is 37.3 Å². The van der Waals surface area contributed by atoms with E-state index in [1.807, 2.05) is 0 Å². The summed E-state index contributed by atoms with van der Waals surface area (Å²) >= 11 is 0. The standard InChI is InChI=1S/C19H27N3O4/c1-24-15-5-6-17(25-2)16(8-15)21-19(23)20-13-7-14-11-26-18(12-3-4-12)10-22(14)9-13/h5-6,8,12-14,18H,3-4,7,9-11H2,1-2H3,(H2,20,21,23)/t13-,14-,18+/m0/s1. The summed E-state index contributed by atoms with van der Waals surface area (Å²) in [5.74, 6) is 2.03. The molecule has 2 heterocycles. The quantitative estimate of drug-likeness (QED) is 0.840. The van der Waals surface area contributed by atoms with Crippen molar-refractivity contribution in [3.63, 3.8) is 0 Å². The Morgan fingerprint density at radius 2 is 2.08 bits per heavy atom. The van der Waals surface area contributed by atoms with E-state index in [2.05, 4.69) is 15.5 Å². The lowest BCUT2D eigenvalue weighted by Gasteiger charge is -2.35. The van der Waals surface area contributed by atoms with Gasteiger partial charge < -0.3 is 24.8 Å². The average molecular weight is 361 g/mol. The molecule has 142 valence electrons. The molecule has 2 aliphatic heterocycles. The summed E-state index contributed by atoms with van der Waals surface area (Å²) < 4.78 is 16.6. The summed E-state index contributed by atoms with van der Waals surface area (Å²) in [6, 6.07) is 5.66. The molecule has 7 nitrogen and oxygen atoms in total. The van der Waals surface area contributed by atoms with Gasteiger partial charge in [0.1, 0.15) is 11.5 Å². The van der Waals surface area contributed by atoms with Gasteiger partial charge in [0, 0.05) is 31.2 Å². The number of ether oxygens (including phenoxy) is 3. The molecule has 7 heteroatoms. The van der Waals surface area contributed by atoms with E-state index in [9.17, 15) is 4.79 Å². The van der Waals surface area contributed by atoms with E-state index in [1.165, 1.54) is 12.8 Å². The first-order valence-corrected chi connectivity index (χ1v) is 9.31. The Bertz CT molecular complexity index is 664. The van der Waals surface area contributed by atoms with Crippen LogP contribution in [-0.4, -0.2) is 63.0 Å². The monoisotopic (exact) mass is 361 g/mol. The van der Waals surface area contributed by atoms with E-state index in [1.54, 1.807) is 32.4 Å². The van der Waals surface area contributed by atoms with Gasteiger partial charge in [-0.15, -0.1) is 0 Å². The first-order chi connectivity index (χ1) is 12.7. The highest BCUT2D eigenvalue weighted by atomic mass is 16.5. The maximum Gasteiger partial charge on any atom is 0.319 e. The first kappa shape index (κ1) is 17.4. The van der Waals surface area contributed by atoms with Gasteiger partial charge in [-0.2, -0.15) is 0 Å². The minimum atomic E-state index is -0.221. The molecular weight excluding hydrogens is 334 g/mol. The second-order valence-electron chi connectivity index (χ2n) is 7.41. The van der Waals surface area contributed by atoms with Crippen molar-refractivity contribution in [2.24, 2.45) is 5.92 Å². The summed E-state index contributed by atoms with van der Waals surface area (Å²) in [6.45, 7) is 2.67. The Labute approximate surface area is 154 Å². The van der Waals surface area contributed by atoms with Gasteiger partial charge in [-0.3, -0.25) is 4.90 Å². The van der Waals surface area contributed by atoms with E-state index in [4.69, 9.17) is 14.2 Å². The Morgan fingerprint density at radius 1 is 1.23 bits per heavy atom. The van der Waals surface area contributed by atoms with Crippen molar-refractivity contribution in [1.29, 1.82) is 0 Å². The van der Waals surface area contributed by atoms with E-state index in [0.717, 1.165) is 32.0 Å². The van der Waals surface area contributed by atoms with Crippen LogP contribution in [0.25, 0.3) is 0 Å². The highest BCUT2D eigenvalue weighted by Gasteiger charge is 2.42. The zero-order valence-electron chi connectivity index (χ0n) is 15.4. The first-order valence-electron chi connectivity index (χ1n) is 9.31. The molecule has 3 fully saturated rings. The predicted molar refractivity (Wildman–Crippen MR) is 97.9 cm³/mol. The molecule has 3 aliphatic rings. The molecule has 0 aromatic heterocycles. The van der Waals surface area contributed by atoms with Crippen molar-refractivity contribution in [3.05, 3.63) is 18.2 Å². The topological polar surface area (TPSA) is 72.1 Å². The third kappa shape index (κ3) is 3.73. The van der Waals surface area contributed by atoms with Crippen molar-refractivity contribution < 1.29 is 19.0 Å². The molecule has 0 spiro atoms. The molecule has 0 radical (unpaired) electrons. The van der Waals surface area contributed by atoms with Crippen LogP contribution in [-0.2, 0) is 4.74 Å². The Morgan fingerprint density at radius 3 is 2.81 bits per heavy atom. The van der Waals surface area contributed by atoms with Gasteiger partial charge in [0.25, 0.3) is 0 Å². The van der Waals surface area contributed by atoms with Crippen LogP contribution < -0.4 is 20.1 Å². The minimum Gasteiger partial charge on any atom is -0.497 e. The second-order valence-corrected chi connectivity index (χ2v) is 7.41. The second kappa shape index (κ2) is 7.32. The van der Waals surface area contributed by atoms with Crippen molar-refractivity contribution >= 4 is 11.7 Å². The van der Waals surface area contributed by atoms with Crippen LogP contribution in [0.5, 0.6) is 11.5 Å². The third-order valence-corrected chi connectivity index (χ3v) is 5.58. The van der Waals surface area contributed by atoms with Crippen LogP contribution >= 0.6 is 0 Å². The maximum atomic E-state index is 12.5. The number of hydrogen-bond donors (Lipinski definition) is 2. The van der Waals surface area contributed by atoms with Gasteiger partial charge in [-0.25, -0.2) is 4.79 Å². The fourth-order valence-corrected chi connectivity index (χ4v) is 4.01. The molecular formula is C19H27N3O4. The number of amides is 2. The van der Waals surface area contributed by atoms with Gasteiger partial charge in [0.05, 0.1) is 32.6 Å². The van der Waals surface area contributed by atoms with Crippen LogP contribution in [0, 0.1) is 5.92 Å². The molecule has 26 heavy (non-hydrogen) atoms. The van der Waals surface area contributed by atoms with Gasteiger partial charge in [-0.1, -0.05) is 0 Å². The lowest BCUT2D eigenvalue weighted by atomic mass is 10.1. The fourth-order valence-electron chi connectivity index (χ4n) is 4.01. The maximum absolute atomic E-state index is 12.5. The van der Waals surface area contributed by atoms with Crippen LogP contribution in [0.3, 0.4) is 0 Å². The van der Waals surface area contributed by atoms with Crippen molar-refractivity contribution in [2.45, 2.75) is 37.5 Å². The molecule has 0 bridgehead atoms. The Hall–Kier alpha value is -1.99. The molecule has 0 unspecified atom stereocenters. The van der Waals surface area contributed by atoms with Crippen LogP contribution in [0.2, 0.25) is 0 Å². The van der Waals surface area contributed by atoms with E-state index in [-0.39, 0.29) is 12.1 Å². The number of hydrogen-bond acceptors (Lipinski definition) is 5. The number of rotatable bonds is 5. The van der Waals surface area contributed by atoms with Crippen LogP contribution in [0.1, 0.15) is 19.3 Å². The molecule has 2 amide bonds. The number of methoxy groups -OCH3 is 2. The normalized spacial score (nSPS) is 28.3. The van der Waals surface area contributed by atoms with Crippen molar-refractivity contribution in [1.82, 2.24) is 10.2 Å².